The van der Waals surface area contributed by atoms with Crippen LogP contribution in [0.15, 0.2) is 82.5 Å². The van der Waals surface area contributed by atoms with Crippen molar-refractivity contribution in [3.8, 4) is 11.3 Å². The largest absolute Gasteiger partial charge is 0.459 e. The van der Waals surface area contributed by atoms with Gasteiger partial charge in [-0.05, 0) is 48.5 Å². The van der Waals surface area contributed by atoms with Gasteiger partial charge in [-0.3, -0.25) is 4.79 Å². The average Bonchev–Trinajstić information content (AvgIpc) is 3.23. The first-order valence-corrected chi connectivity index (χ1v) is 8.23. The van der Waals surface area contributed by atoms with Crippen molar-refractivity contribution in [3.05, 3.63) is 90.1 Å². The molecule has 0 saturated carbocycles. The van der Waals surface area contributed by atoms with E-state index in [9.17, 15) is 9.18 Å². The van der Waals surface area contributed by atoms with Crippen LogP contribution in [0.3, 0.4) is 0 Å². The summed E-state index contributed by atoms with van der Waals surface area (Å²) >= 11 is 0. The fraction of sp³-hybridized carbons (Fsp3) is 0. The Morgan fingerprint density at radius 2 is 1.89 bits per heavy atom. The van der Waals surface area contributed by atoms with E-state index in [4.69, 9.17) is 4.42 Å². The van der Waals surface area contributed by atoms with E-state index in [1.165, 1.54) is 18.4 Å². The van der Waals surface area contributed by atoms with E-state index in [1.807, 2.05) is 30.3 Å². The fourth-order valence-corrected chi connectivity index (χ4v) is 2.70. The molecule has 0 bridgehead atoms. The molecule has 1 N–H and O–H groups in total. The van der Waals surface area contributed by atoms with Gasteiger partial charge in [0.1, 0.15) is 5.82 Å². The summed E-state index contributed by atoms with van der Waals surface area (Å²) in [4.78, 5) is 16.5. The summed E-state index contributed by atoms with van der Waals surface area (Å²) in [7, 11) is 0. The molecule has 132 valence electrons. The number of hydrogen-bond donors (Lipinski definition) is 1. The minimum absolute atomic E-state index is 0.179. The van der Waals surface area contributed by atoms with E-state index < -0.39 is 5.91 Å². The smallest absolute Gasteiger partial charge is 0.307 e. The molecule has 27 heavy (non-hydrogen) atoms. The number of benzene rings is 2. The van der Waals surface area contributed by atoms with E-state index >= 15 is 0 Å². The first kappa shape index (κ1) is 16.7. The molecule has 0 spiro atoms. The first-order chi connectivity index (χ1) is 13.2. The Hall–Kier alpha value is -3.80. The number of carbonyl (C=O) groups is 1. The van der Waals surface area contributed by atoms with Crippen LogP contribution in [0.5, 0.6) is 0 Å². The number of fused-ring (bicyclic) bond motifs is 1. The Labute approximate surface area is 154 Å². The number of hydrazone groups is 1. The molecule has 4 aromatic rings. The van der Waals surface area contributed by atoms with Crippen molar-refractivity contribution < 1.29 is 13.6 Å². The molecule has 0 aliphatic carbocycles. The van der Waals surface area contributed by atoms with E-state index in [-0.39, 0.29) is 11.6 Å². The second kappa shape index (κ2) is 7.21. The monoisotopic (exact) mass is 359 g/mol. The Bertz CT molecular complexity index is 1120. The lowest BCUT2D eigenvalue weighted by Gasteiger charge is -2.07. The molecule has 0 saturated heterocycles. The number of pyridine rings is 1. The van der Waals surface area contributed by atoms with Gasteiger partial charge in [-0.2, -0.15) is 5.10 Å². The minimum Gasteiger partial charge on any atom is -0.459 e. The van der Waals surface area contributed by atoms with Gasteiger partial charge in [0, 0.05) is 16.5 Å². The van der Waals surface area contributed by atoms with Crippen molar-refractivity contribution in [1.82, 2.24) is 10.4 Å². The van der Waals surface area contributed by atoms with E-state index in [2.05, 4.69) is 15.5 Å². The third-order valence-corrected chi connectivity index (χ3v) is 4.00. The third kappa shape index (κ3) is 3.59. The minimum atomic E-state index is -0.437. The van der Waals surface area contributed by atoms with Crippen LogP contribution in [0.4, 0.5) is 4.39 Å². The van der Waals surface area contributed by atoms with Crippen LogP contribution in [-0.4, -0.2) is 17.1 Å². The zero-order valence-electron chi connectivity index (χ0n) is 14.1. The van der Waals surface area contributed by atoms with Gasteiger partial charge in [0.15, 0.2) is 5.76 Å². The molecular weight excluding hydrogens is 345 g/mol. The number of furan rings is 1. The molecule has 6 heteroatoms. The maximum atomic E-state index is 13.2. The molecule has 4 rings (SSSR count). The summed E-state index contributed by atoms with van der Waals surface area (Å²) in [5.74, 6) is -0.561. The van der Waals surface area contributed by atoms with Gasteiger partial charge >= 0.3 is 5.91 Å². The number of para-hydroxylation sites is 1. The molecule has 1 amide bonds. The number of halogens is 1. The van der Waals surface area contributed by atoms with Gasteiger partial charge < -0.3 is 4.42 Å². The number of amides is 1. The van der Waals surface area contributed by atoms with Gasteiger partial charge in [0.05, 0.1) is 23.7 Å². The van der Waals surface area contributed by atoms with Gasteiger partial charge in [-0.25, -0.2) is 14.8 Å². The predicted molar refractivity (Wildman–Crippen MR) is 101 cm³/mol. The zero-order chi connectivity index (χ0) is 18.6. The van der Waals surface area contributed by atoms with Crippen LogP contribution < -0.4 is 5.43 Å². The molecule has 5 nitrogen and oxygen atoms in total. The van der Waals surface area contributed by atoms with Crippen LogP contribution in [0.25, 0.3) is 22.2 Å². The number of rotatable bonds is 4. The lowest BCUT2D eigenvalue weighted by atomic mass is 10.0. The molecule has 0 atom stereocenters. The van der Waals surface area contributed by atoms with Crippen molar-refractivity contribution in [2.45, 2.75) is 0 Å². The van der Waals surface area contributed by atoms with Gasteiger partial charge in [-0.15, -0.1) is 0 Å². The standard InChI is InChI=1S/C21H14FN3O2/c22-16-9-7-14(8-10-16)19-12-15(17-4-1-2-5-18(17)24-19)13-23-25-21(26)20-6-3-11-27-20/h1-13H,(H,25,26)/b23-13+. The zero-order valence-corrected chi connectivity index (χ0v) is 14.1. The quantitative estimate of drug-likeness (QED) is 0.434. The molecule has 0 aliphatic rings. The van der Waals surface area contributed by atoms with Crippen molar-refractivity contribution in [3.63, 3.8) is 0 Å². The van der Waals surface area contributed by atoms with Crippen LogP contribution in [0.1, 0.15) is 16.1 Å². The lowest BCUT2D eigenvalue weighted by molar-refractivity contribution is 0.0927. The summed E-state index contributed by atoms with van der Waals surface area (Å²) < 4.78 is 18.2. The Kier molecular flexibility index (Phi) is 4.45. The van der Waals surface area contributed by atoms with Crippen LogP contribution in [0.2, 0.25) is 0 Å². The predicted octanol–water partition coefficient (Wildman–Crippen LogP) is 4.40. The molecule has 2 aromatic carbocycles. The highest BCUT2D eigenvalue weighted by molar-refractivity contribution is 6.00. The molecule has 0 unspecified atom stereocenters. The van der Waals surface area contributed by atoms with Crippen LogP contribution >= 0.6 is 0 Å². The summed E-state index contributed by atoms with van der Waals surface area (Å²) in [6.07, 6.45) is 2.97. The topological polar surface area (TPSA) is 67.5 Å². The molecule has 0 fully saturated rings. The van der Waals surface area contributed by atoms with Gasteiger partial charge in [0.2, 0.25) is 0 Å². The fourth-order valence-electron chi connectivity index (χ4n) is 2.70. The number of nitrogens with zero attached hydrogens (tertiary/aromatic N) is 2. The van der Waals surface area contributed by atoms with Crippen molar-refractivity contribution in [1.29, 1.82) is 0 Å². The summed E-state index contributed by atoms with van der Waals surface area (Å²) in [6, 6.07) is 18.8. The summed E-state index contributed by atoms with van der Waals surface area (Å²) in [5, 5.41) is 4.91. The highest BCUT2D eigenvalue weighted by Crippen LogP contribution is 2.24. The lowest BCUT2D eigenvalue weighted by Crippen LogP contribution is -2.16. The molecular formula is C21H14FN3O2. The SMILES string of the molecule is O=C(N/N=C/c1cc(-c2ccc(F)cc2)nc2ccccc12)c1ccco1. The van der Waals surface area contributed by atoms with E-state index in [0.717, 1.165) is 22.0 Å². The van der Waals surface area contributed by atoms with Gasteiger partial charge in [0.25, 0.3) is 0 Å². The first-order valence-electron chi connectivity index (χ1n) is 8.23. The molecule has 2 aromatic heterocycles. The second-order valence-corrected chi connectivity index (χ2v) is 5.80. The number of carbonyl (C=O) groups excluding carboxylic acids is 1. The highest BCUT2D eigenvalue weighted by atomic mass is 19.1. The Balaban J connectivity index is 1.69. The normalized spacial score (nSPS) is 11.1. The van der Waals surface area contributed by atoms with Crippen molar-refractivity contribution >= 4 is 23.0 Å². The maximum Gasteiger partial charge on any atom is 0.307 e. The molecule has 0 radical (unpaired) electrons. The van der Waals surface area contributed by atoms with Crippen molar-refractivity contribution in [2.24, 2.45) is 5.10 Å². The van der Waals surface area contributed by atoms with Gasteiger partial charge in [-0.1, -0.05) is 18.2 Å². The highest BCUT2D eigenvalue weighted by Gasteiger charge is 2.08. The number of hydrogen-bond acceptors (Lipinski definition) is 4. The number of nitrogens with one attached hydrogen (secondary N) is 1. The summed E-state index contributed by atoms with van der Waals surface area (Å²) in [6.45, 7) is 0. The third-order valence-electron chi connectivity index (χ3n) is 4.00. The Morgan fingerprint density at radius 3 is 2.67 bits per heavy atom. The van der Waals surface area contributed by atoms with E-state index in [0.29, 0.717) is 5.69 Å². The molecule has 0 aliphatic heterocycles. The molecule has 2 heterocycles. The van der Waals surface area contributed by atoms with Crippen LogP contribution in [0, 0.1) is 5.82 Å². The Morgan fingerprint density at radius 1 is 1.07 bits per heavy atom. The second-order valence-electron chi connectivity index (χ2n) is 5.80. The van der Waals surface area contributed by atoms with E-state index in [1.54, 1.807) is 30.5 Å². The van der Waals surface area contributed by atoms with Crippen LogP contribution in [-0.2, 0) is 0 Å². The van der Waals surface area contributed by atoms with Crippen molar-refractivity contribution in [2.75, 3.05) is 0 Å². The maximum absolute atomic E-state index is 13.2. The average molecular weight is 359 g/mol. The summed E-state index contributed by atoms with van der Waals surface area (Å²) in [5.41, 5.74) is 5.46. The number of aromatic nitrogens is 1.